The molecule has 0 N–H and O–H groups in total. The number of nitrogens with zero attached hydrogens (tertiary/aromatic N) is 1. The van der Waals surface area contributed by atoms with Gasteiger partial charge in [0.1, 0.15) is 0 Å². The molecule has 1 rings (SSSR count). The molecule has 0 amide bonds. The van der Waals surface area contributed by atoms with E-state index < -0.39 is 0 Å². The van der Waals surface area contributed by atoms with Gasteiger partial charge in [0.2, 0.25) is 0 Å². The molecule has 0 unspecified atom stereocenters. The van der Waals surface area contributed by atoms with Crippen LogP contribution in [0.25, 0.3) is 0 Å². The summed E-state index contributed by atoms with van der Waals surface area (Å²) in [5.74, 6) is 0. The number of thiol groups is 1. The first-order chi connectivity index (χ1) is 3.79. The number of morpholine rings is 1. The van der Waals surface area contributed by atoms with Crippen molar-refractivity contribution in [3.63, 3.8) is 0 Å². The molecule has 1 heterocycles. The van der Waals surface area contributed by atoms with Gasteiger partial charge < -0.3 is 4.74 Å². The van der Waals surface area contributed by atoms with E-state index in [1.807, 2.05) is 4.31 Å². The van der Waals surface area contributed by atoms with Crippen molar-refractivity contribution in [2.75, 3.05) is 19.7 Å². The van der Waals surface area contributed by atoms with E-state index in [2.05, 4.69) is 19.7 Å². The van der Waals surface area contributed by atoms with Crippen LogP contribution in [0.1, 0.15) is 6.92 Å². The van der Waals surface area contributed by atoms with E-state index in [1.54, 1.807) is 0 Å². The molecular weight excluding hydrogens is 122 g/mol. The van der Waals surface area contributed by atoms with Gasteiger partial charge in [-0.15, -0.1) is 0 Å². The van der Waals surface area contributed by atoms with Crippen LogP contribution in [0.15, 0.2) is 0 Å². The summed E-state index contributed by atoms with van der Waals surface area (Å²) in [6.07, 6.45) is 0.362. The third-order valence-electron chi connectivity index (χ3n) is 1.22. The van der Waals surface area contributed by atoms with E-state index in [-0.39, 0.29) is 0 Å². The van der Waals surface area contributed by atoms with Gasteiger partial charge in [-0.1, -0.05) is 12.8 Å². The molecule has 0 aromatic heterocycles. The minimum atomic E-state index is 0.362. The molecule has 1 saturated heterocycles. The maximum absolute atomic E-state index is 5.26. The summed E-state index contributed by atoms with van der Waals surface area (Å²) in [6.45, 7) is 4.78. The standard InChI is InChI=1S/C5H11NOS/c1-5-4-6(8)2-3-7-5/h5,8H,2-4H2,1H3/t5-/m0/s1. The van der Waals surface area contributed by atoms with Crippen molar-refractivity contribution in [1.82, 2.24) is 4.31 Å². The first-order valence-corrected chi connectivity index (χ1v) is 3.24. The molecule has 0 aromatic rings. The SMILES string of the molecule is C[C@H]1CN(S)CCO1. The van der Waals surface area contributed by atoms with Crippen molar-refractivity contribution >= 4 is 12.8 Å². The summed E-state index contributed by atoms with van der Waals surface area (Å²) in [4.78, 5) is 0. The Morgan fingerprint density at radius 3 is 2.88 bits per heavy atom. The molecule has 48 valence electrons. The molecule has 2 nitrogen and oxygen atoms in total. The first kappa shape index (κ1) is 6.39. The zero-order chi connectivity index (χ0) is 5.98. The summed E-state index contributed by atoms with van der Waals surface area (Å²) in [5, 5.41) is 0. The number of ether oxygens (including phenoxy) is 1. The van der Waals surface area contributed by atoms with Crippen molar-refractivity contribution in [1.29, 1.82) is 0 Å². The van der Waals surface area contributed by atoms with E-state index in [0.717, 1.165) is 19.7 Å². The van der Waals surface area contributed by atoms with Crippen LogP contribution in [-0.4, -0.2) is 30.1 Å². The predicted octanol–water partition coefficient (Wildman–Crippen LogP) is 0.552. The van der Waals surface area contributed by atoms with Gasteiger partial charge in [0.15, 0.2) is 0 Å². The molecule has 1 aliphatic rings. The van der Waals surface area contributed by atoms with Crippen LogP contribution in [0.4, 0.5) is 0 Å². The van der Waals surface area contributed by atoms with Gasteiger partial charge in [0.25, 0.3) is 0 Å². The molecule has 3 heteroatoms. The van der Waals surface area contributed by atoms with Crippen molar-refractivity contribution in [3.8, 4) is 0 Å². The van der Waals surface area contributed by atoms with E-state index >= 15 is 0 Å². The Kier molecular flexibility index (Phi) is 2.16. The fourth-order valence-corrected chi connectivity index (χ4v) is 1.11. The molecule has 1 fully saturated rings. The van der Waals surface area contributed by atoms with E-state index in [1.165, 1.54) is 0 Å². The van der Waals surface area contributed by atoms with Gasteiger partial charge >= 0.3 is 0 Å². The number of hydrogen-bond acceptors (Lipinski definition) is 3. The Bertz CT molecular complexity index is 70.8. The van der Waals surface area contributed by atoms with Gasteiger partial charge in [-0.05, 0) is 6.92 Å². The van der Waals surface area contributed by atoms with Crippen molar-refractivity contribution < 1.29 is 4.74 Å². The molecule has 8 heavy (non-hydrogen) atoms. The van der Waals surface area contributed by atoms with Gasteiger partial charge in [-0.25, -0.2) is 4.31 Å². The summed E-state index contributed by atoms with van der Waals surface area (Å²) in [5.41, 5.74) is 0. The normalized spacial score (nSPS) is 33.0. The lowest BCUT2D eigenvalue weighted by Crippen LogP contribution is -2.35. The maximum atomic E-state index is 5.26. The van der Waals surface area contributed by atoms with Crippen LogP contribution >= 0.6 is 12.8 Å². The Labute approximate surface area is 55.4 Å². The van der Waals surface area contributed by atoms with Crippen LogP contribution in [0.3, 0.4) is 0 Å². The Hall–Kier alpha value is 0.270. The van der Waals surface area contributed by atoms with Crippen LogP contribution in [-0.2, 0) is 4.74 Å². The zero-order valence-corrected chi connectivity index (χ0v) is 5.90. The molecule has 1 aliphatic heterocycles. The summed E-state index contributed by atoms with van der Waals surface area (Å²) in [6, 6.07) is 0. The molecule has 0 spiro atoms. The third kappa shape index (κ3) is 1.65. The second-order valence-corrected chi connectivity index (χ2v) is 2.66. The van der Waals surface area contributed by atoms with Gasteiger partial charge in [0.05, 0.1) is 12.7 Å². The highest BCUT2D eigenvalue weighted by Crippen LogP contribution is 2.04. The molecule has 1 atom stereocenters. The highest BCUT2D eigenvalue weighted by molar-refractivity contribution is 7.77. The topological polar surface area (TPSA) is 12.5 Å². The highest BCUT2D eigenvalue weighted by atomic mass is 32.1. The molecule has 0 saturated carbocycles. The monoisotopic (exact) mass is 133 g/mol. The van der Waals surface area contributed by atoms with Gasteiger partial charge in [-0.3, -0.25) is 0 Å². The second-order valence-electron chi connectivity index (χ2n) is 2.09. The van der Waals surface area contributed by atoms with Gasteiger partial charge in [0, 0.05) is 13.1 Å². The minimum absolute atomic E-state index is 0.362. The quantitative estimate of drug-likeness (QED) is 0.484. The smallest absolute Gasteiger partial charge is 0.0683 e. The fourth-order valence-electron chi connectivity index (χ4n) is 0.800. The molecule has 0 aromatic carbocycles. The third-order valence-corrected chi connectivity index (χ3v) is 1.58. The molecule has 0 bridgehead atoms. The maximum Gasteiger partial charge on any atom is 0.0683 e. The first-order valence-electron chi connectivity index (χ1n) is 2.84. The Morgan fingerprint density at radius 2 is 2.50 bits per heavy atom. The largest absolute Gasteiger partial charge is 0.376 e. The lowest BCUT2D eigenvalue weighted by atomic mass is 10.3. The van der Waals surface area contributed by atoms with Gasteiger partial charge in [-0.2, -0.15) is 0 Å². The lowest BCUT2D eigenvalue weighted by Gasteiger charge is -2.26. The highest BCUT2D eigenvalue weighted by Gasteiger charge is 2.12. The molecule has 0 aliphatic carbocycles. The van der Waals surface area contributed by atoms with Crippen molar-refractivity contribution in [2.45, 2.75) is 13.0 Å². The van der Waals surface area contributed by atoms with E-state index in [9.17, 15) is 0 Å². The number of rotatable bonds is 0. The van der Waals surface area contributed by atoms with E-state index in [0.29, 0.717) is 6.10 Å². The lowest BCUT2D eigenvalue weighted by molar-refractivity contribution is 0.0141. The van der Waals surface area contributed by atoms with Crippen LogP contribution in [0.5, 0.6) is 0 Å². The Morgan fingerprint density at radius 1 is 1.75 bits per heavy atom. The average Bonchev–Trinajstić information content (AvgIpc) is 1.64. The Balaban J connectivity index is 2.23. The van der Waals surface area contributed by atoms with Crippen LogP contribution in [0, 0.1) is 0 Å². The predicted molar refractivity (Wildman–Crippen MR) is 36.0 cm³/mol. The number of hydrogen-bond donors (Lipinski definition) is 1. The molecule has 0 radical (unpaired) electrons. The summed E-state index contributed by atoms with van der Waals surface area (Å²) in [7, 11) is 0. The fraction of sp³-hybridized carbons (Fsp3) is 1.00. The van der Waals surface area contributed by atoms with Crippen molar-refractivity contribution in [3.05, 3.63) is 0 Å². The van der Waals surface area contributed by atoms with Crippen LogP contribution in [0.2, 0.25) is 0 Å². The average molecular weight is 133 g/mol. The van der Waals surface area contributed by atoms with Crippen molar-refractivity contribution in [2.24, 2.45) is 0 Å². The van der Waals surface area contributed by atoms with E-state index in [4.69, 9.17) is 4.74 Å². The summed E-state index contributed by atoms with van der Waals surface area (Å²) < 4.78 is 7.24. The second kappa shape index (κ2) is 2.71. The van der Waals surface area contributed by atoms with Crippen LogP contribution < -0.4 is 0 Å². The molecular formula is C5H11NOS. The minimum Gasteiger partial charge on any atom is -0.376 e. The zero-order valence-electron chi connectivity index (χ0n) is 5.00. The summed E-state index contributed by atoms with van der Waals surface area (Å²) >= 11 is 4.17.